The molecule has 3 N–H and O–H groups in total. The van der Waals surface area contributed by atoms with Crippen molar-refractivity contribution in [1.29, 1.82) is 0 Å². The van der Waals surface area contributed by atoms with E-state index in [1.54, 1.807) is 0 Å². The lowest BCUT2D eigenvalue weighted by Crippen LogP contribution is -2.35. The van der Waals surface area contributed by atoms with Crippen LogP contribution in [0.3, 0.4) is 0 Å². The van der Waals surface area contributed by atoms with Crippen LogP contribution in [0.2, 0.25) is 0 Å². The van der Waals surface area contributed by atoms with Crippen molar-refractivity contribution < 1.29 is 4.39 Å². The molecule has 1 atom stereocenters. The average molecular weight is 106 g/mol. The number of rotatable bonds is 3. The summed E-state index contributed by atoms with van der Waals surface area (Å²) in [5, 5.41) is 0. The van der Waals surface area contributed by atoms with Crippen molar-refractivity contribution in [2.75, 3.05) is 6.67 Å². The van der Waals surface area contributed by atoms with Crippen LogP contribution < -0.4 is 11.3 Å². The number of hydrazine groups is 1. The monoisotopic (exact) mass is 106 g/mol. The van der Waals surface area contributed by atoms with E-state index >= 15 is 0 Å². The van der Waals surface area contributed by atoms with Gasteiger partial charge in [-0.25, -0.2) is 4.39 Å². The van der Waals surface area contributed by atoms with Crippen LogP contribution in [-0.2, 0) is 0 Å². The highest BCUT2D eigenvalue weighted by Crippen LogP contribution is 1.86. The fourth-order valence-corrected chi connectivity index (χ4v) is 0.272. The van der Waals surface area contributed by atoms with Crippen LogP contribution in [0, 0.1) is 0 Å². The number of alkyl halides is 1. The minimum absolute atomic E-state index is 0.153. The Morgan fingerprint density at radius 1 is 1.86 bits per heavy atom. The van der Waals surface area contributed by atoms with Gasteiger partial charge in [0.2, 0.25) is 0 Å². The van der Waals surface area contributed by atoms with Gasteiger partial charge in [0, 0.05) is 6.04 Å². The molecule has 0 saturated carbocycles. The Balaban J connectivity index is 2.99. The predicted octanol–water partition coefficient (Wildman–Crippen LogP) is 0.198. The molecule has 0 aromatic heterocycles. The summed E-state index contributed by atoms with van der Waals surface area (Å²) >= 11 is 0. The molecular formula is C4H11FN2. The molecule has 0 heterocycles. The van der Waals surface area contributed by atoms with Gasteiger partial charge in [0.15, 0.2) is 0 Å². The first-order valence-corrected chi connectivity index (χ1v) is 2.37. The molecule has 0 fully saturated rings. The summed E-state index contributed by atoms with van der Waals surface area (Å²) in [7, 11) is 0. The second kappa shape index (κ2) is 4.02. The van der Waals surface area contributed by atoms with E-state index in [-0.39, 0.29) is 12.7 Å². The van der Waals surface area contributed by atoms with E-state index in [0.29, 0.717) is 0 Å². The molecule has 0 aromatic rings. The Hall–Kier alpha value is -0.150. The normalized spacial score (nSPS) is 14.1. The Morgan fingerprint density at radius 2 is 2.43 bits per heavy atom. The van der Waals surface area contributed by atoms with Crippen LogP contribution in [0.25, 0.3) is 0 Å². The molecule has 0 unspecified atom stereocenters. The highest BCUT2D eigenvalue weighted by Gasteiger charge is 1.98. The number of halogens is 1. The van der Waals surface area contributed by atoms with E-state index in [9.17, 15) is 4.39 Å². The van der Waals surface area contributed by atoms with Gasteiger partial charge >= 0.3 is 0 Å². The minimum atomic E-state index is -0.382. The van der Waals surface area contributed by atoms with Crippen molar-refractivity contribution >= 4 is 0 Å². The lowest BCUT2D eigenvalue weighted by molar-refractivity contribution is 0.371. The second-order valence-electron chi connectivity index (χ2n) is 1.43. The first-order valence-electron chi connectivity index (χ1n) is 2.37. The van der Waals surface area contributed by atoms with Gasteiger partial charge in [-0.2, -0.15) is 0 Å². The summed E-state index contributed by atoms with van der Waals surface area (Å²) in [5.74, 6) is 4.90. The SMILES string of the molecule is CC[C@@H](CF)NN. The maximum absolute atomic E-state index is 11.5. The van der Waals surface area contributed by atoms with E-state index in [0.717, 1.165) is 6.42 Å². The number of hydrogen-bond donors (Lipinski definition) is 2. The van der Waals surface area contributed by atoms with Gasteiger partial charge in [0.05, 0.1) is 0 Å². The topological polar surface area (TPSA) is 38.0 Å². The molecule has 0 rings (SSSR count). The quantitative estimate of drug-likeness (QED) is 0.398. The van der Waals surface area contributed by atoms with Crippen molar-refractivity contribution in [1.82, 2.24) is 5.43 Å². The van der Waals surface area contributed by atoms with Gasteiger partial charge in [0.1, 0.15) is 6.67 Å². The molecule has 44 valence electrons. The fraction of sp³-hybridized carbons (Fsp3) is 1.00. The van der Waals surface area contributed by atoms with Crippen LogP contribution in [0.1, 0.15) is 13.3 Å². The zero-order valence-corrected chi connectivity index (χ0v) is 4.45. The largest absolute Gasteiger partial charge is 0.271 e. The number of nitrogens with one attached hydrogen (secondary N) is 1. The van der Waals surface area contributed by atoms with Crippen LogP contribution in [-0.4, -0.2) is 12.7 Å². The van der Waals surface area contributed by atoms with Gasteiger partial charge < -0.3 is 0 Å². The molecular weight excluding hydrogens is 95.1 g/mol. The minimum Gasteiger partial charge on any atom is -0.271 e. The molecule has 7 heavy (non-hydrogen) atoms. The van der Waals surface area contributed by atoms with E-state index in [1.165, 1.54) is 0 Å². The van der Waals surface area contributed by atoms with Crippen molar-refractivity contribution in [3.8, 4) is 0 Å². The summed E-state index contributed by atoms with van der Waals surface area (Å²) in [5.41, 5.74) is 2.33. The molecule has 0 saturated heterocycles. The molecule has 2 nitrogen and oxygen atoms in total. The van der Waals surface area contributed by atoms with Crippen molar-refractivity contribution in [3.63, 3.8) is 0 Å². The van der Waals surface area contributed by atoms with Gasteiger partial charge in [-0.1, -0.05) is 6.92 Å². The van der Waals surface area contributed by atoms with E-state index in [1.807, 2.05) is 6.92 Å². The average Bonchev–Trinajstić information content (AvgIpc) is 1.72. The first-order chi connectivity index (χ1) is 3.35. The molecule has 0 aliphatic carbocycles. The lowest BCUT2D eigenvalue weighted by atomic mass is 10.3. The smallest absolute Gasteiger partial charge is 0.106 e. The molecule has 0 amide bonds. The molecule has 3 heteroatoms. The highest BCUT2D eigenvalue weighted by molar-refractivity contribution is 4.55. The van der Waals surface area contributed by atoms with Gasteiger partial charge in [0.25, 0.3) is 0 Å². The third kappa shape index (κ3) is 2.53. The van der Waals surface area contributed by atoms with Crippen molar-refractivity contribution in [3.05, 3.63) is 0 Å². The predicted molar refractivity (Wildman–Crippen MR) is 27.4 cm³/mol. The zero-order chi connectivity index (χ0) is 5.70. The van der Waals surface area contributed by atoms with Crippen LogP contribution in [0.4, 0.5) is 4.39 Å². The molecule has 0 aromatic carbocycles. The van der Waals surface area contributed by atoms with E-state index in [2.05, 4.69) is 5.43 Å². The standard InChI is InChI=1S/C4H11FN2/c1-2-4(3-5)7-6/h4,7H,2-3,6H2,1H3/t4-/m0/s1. The Bertz CT molecular complexity index is 31.2. The Morgan fingerprint density at radius 3 is 2.43 bits per heavy atom. The molecule has 0 spiro atoms. The lowest BCUT2D eigenvalue weighted by Gasteiger charge is -2.05. The van der Waals surface area contributed by atoms with Crippen molar-refractivity contribution in [2.45, 2.75) is 19.4 Å². The summed E-state index contributed by atoms with van der Waals surface area (Å²) in [4.78, 5) is 0. The molecule has 0 aliphatic heterocycles. The summed E-state index contributed by atoms with van der Waals surface area (Å²) in [6.07, 6.45) is 0.743. The van der Waals surface area contributed by atoms with Crippen molar-refractivity contribution in [2.24, 2.45) is 5.84 Å². The maximum atomic E-state index is 11.5. The maximum Gasteiger partial charge on any atom is 0.106 e. The van der Waals surface area contributed by atoms with Crippen LogP contribution >= 0.6 is 0 Å². The fourth-order valence-electron chi connectivity index (χ4n) is 0.272. The first kappa shape index (κ1) is 6.85. The highest BCUT2D eigenvalue weighted by atomic mass is 19.1. The van der Waals surface area contributed by atoms with Gasteiger partial charge in [-0.05, 0) is 6.42 Å². The Labute approximate surface area is 42.9 Å². The summed E-state index contributed by atoms with van der Waals surface area (Å²) < 4.78 is 11.5. The zero-order valence-electron chi connectivity index (χ0n) is 4.45. The van der Waals surface area contributed by atoms with Crippen LogP contribution in [0.15, 0.2) is 0 Å². The van der Waals surface area contributed by atoms with Gasteiger partial charge in [-0.15, -0.1) is 0 Å². The van der Waals surface area contributed by atoms with Gasteiger partial charge in [-0.3, -0.25) is 11.3 Å². The third-order valence-electron chi connectivity index (χ3n) is 0.915. The van der Waals surface area contributed by atoms with Crippen LogP contribution in [0.5, 0.6) is 0 Å². The van der Waals surface area contributed by atoms with E-state index < -0.39 is 0 Å². The third-order valence-corrected chi connectivity index (χ3v) is 0.915. The number of nitrogens with two attached hydrogens (primary N) is 1. The second-order valence-corrected chi connectivity index (χ2v) is 1.43. The molecule has 0 bridgehead atoms. The Kier molecular flexibility index (Phi) is 3.93. The summed E-state index contributed by atoms with van der Waals surface area (Å²) in [6, 6.07) is -0.153. The molecule has 0 aliphatic rings. The molecule has 0 radical (unpaired) electrons. The van der Waals surface area contributed by atoms with E-state index in [4.69, 9.17) is 5.84 Å². The summed E-state index contributed by atoms with van der Waals surface area (Å²) in [6.45, 7) is 1.50. The number of hydrogen-bond acceptors (Lipinski definition) is 2.